The van der Waals surface area contributed by atoms with E-state index < -0.39 is 6.36 Å². The Bertz CT molecular complexity index is 414. The van der Waals surface area contributed by atoms with E-state index in [1.54, 1.807) is 18.2 Å². The van der Waals surface area contributed by atoms with Gasteiger partial charge in [-0.2, -0.15) is 0 Å². The maximum atomic E-state index is 12.3. The van der Waals surface area contributed by atoms with Crippen LogP contribution in [0.15, 0.2) is 24.3 Å². The Morgan fingerprint density at radius 3 is 2.55 bits per heavy atom. The monoisotopic (exact) mass is 287 g/mol. The molecule has 2 nitrogen and oxygen atoms in total. The summed E-state index contributed by atoms with van der Waals surface area (Å²) in [4.78, 5) is 0. The van der Waals surface area contributed by atoms with Crippen molar-refractivity contribution in [2.45, 2.75) is 45.0 Å². The third-order valence-electron chi connectivity index (χ3n) is 3.72. The predicted molar refractivity (Wildman–Crippen MR) is 71.4 cm³/mol. The van der Waals surface area contributed by atoms with Crippen molar-refractivity contribution in [2.24, 2.45) is 5.92 Å². The molecule has 0 heterocycles. The van der Waals surface area contributed by atoms with E-state index in [-0.39, 0.29) is 5.75 Å². The molecule has 1 aliphatic rings. The zero-order valence-electron chi connectivity index (χ0n) is 11.4. The van der Waals surface area contributed by atoms with Crippen LogP contribution in [-0.4, -0.2) is 12.9 Å². The highest BCUT2D eigenvalue weighted by molar-refractivity contribution is 5.33. The van der Waals surface area contributed by atoms with Gasteiger partial charge in [-0.25, -0.2) is 0 Å². The number of nitrogens with one attached hydrogen (secondary N) is 1. The van der Waals surface area contributed by atoms with Crippen LogP contribution in [-0.2, 0) is 6.54 Å². The summed E-state index contributed by atoms with van der Waals surface area (Å²) in [6.07, 6.45) is 1.66. The van der Waals surface area contributed by atoms with Crippen LogP contribution in [0.25, 0.3) is 0 Å². The SMILES string of the molecule is FC(F)(F)Oc1ccccc1CNCCC1CCCC1. The van der Waals surface area contributed by atoms with Gasteiger partial charge in [-0.1, -0.05) is 43.9 Å². The predicted octanol–water partition coefficient (Wildman–Crippen LogP) is 4.26. The zero-order valence-corrected chi connectivity index (χ0v) is 11.4. The van der Waals surface area contributed by atoms with Crippen LogP contribution < -0.4 is 10.1 Å². The zero-order chi connectivity index (χ0) is 14.4. The first-order valence-corrected chi connectivity index (χ1v) is 7.09. The fraction of sp³-hybridized carbons (Fsp3) is 0.600. The Morgan fingerprint density at radius 2 is 1.85 bits per heavy atom. The molecule has 1 fully saturated rings. The number of rotatable bonds is 6. The molecule has 1 aliphatic carbocycles. The third kappa shape index (κ3) is 5.04. The summed E-state index contributed by atoms with van der Waals surface area (Å²) in [6, 6.07) is 6.27. The first-order chi connectivity index (χ1) is 9.54. The van der Waals surface area contributed by atoms with E-state index in [9.17, 15) is 13.2 Å². The Kier molecular flexibility index (Phi) is 5.29. The molecule has 0 aliphatic heterocycles. The van der Waals surface area contributed by atoms with Crippen molar-refractivity contribution in [3.8, 4) is 5.75 Å². The molecule has 1 saturated carbocycles. The number of ether oxygens (including phenoxy) is 1. The van der Waals surface area contributed by atoms with Crippen LogP contribution in [0.2, 0.25) is 0 Å². The van der Waals surface area contributed by atoms with Gasteiger partial charge in [-0.05, 0) is 24.9 Å². The molecule has 0 radical (unpaired) electrons. The molecule has 0 spiro atoms. The van der Waals surface area contributed by atoms with Crippen LogP contribution >= 0.6 is 0 Å². The molecule has 0 bridgehead atoms. The molecule has 112 valence electrons. The van der Waals surface area contributed by atoms with Gasteiger partial charge >= 0.3 is 6.36 Å². The van der Waals surface area contributed by atoms with Crippen molar-refractivity contribution in [2.75, 3.05) is 6.54 Å². The average molecular weight is 287 g/mol. The number of para-hydroxylation sites is 1. The van der Waals surface area contributed by atoms with Gasteiger partial charge in [0.05, 0.1) is 0 Å². The second-order valence-corrected chi connectivity index (χ2v) is 5.27. The molecule has 1 N–H and O–H groups in total. The van der Waals surface area contributed by atoms with Gasteiger partial charge in [0, 0.05) is 12.1 Å². The standard InChI is InChI=1S/C15H20F3NO/c16-15(17,18)20-14-8-4-3-7-13(14)11-19-10-9-12-5-1-2-6-12/h3-4,7-8,12,19H,1-2,5-6,9-11H2. The molecule has 5 heteroatoms. The summed E-state index contributed by atoms with van der Waals surface area (Å²) in [5.41, 5.74) is 0.538. The second-order valence-electron chi connectivity index (χ2n) is 5.27. The minimum Gasteiger partial charge on any atom is -0.405 e. The molecule has 0 aromatic heterocycles. The third-order valence-corrected chi connectivity index (χ3v) is 3.72. The van der Waals surface area contributed by atoms with Gasteiger partial charge in [0.1, 0.15) is 5.75 Å². The summed E-state index contributed by atoms with van der Waals surface area (Å²) >= 11 is 0. The van der Waals surface area contributed by atoms with Crippen LogP contribution in [0.4, 0.5) is 13.2 Å². The fourth-order valence-electron chi connectivity index (χ4n) is 2.70. The second kappa shape index (κ2) is 6.97. The summed E-state index contributed by atoms with van der Waals surface area (Å²) in [5.74, 6) is 0.664. The summed E-state index contributed by atoms with van der Waals surface area (Å²) in [6.45, 7) is 1.24. The smallest absolute Gasteiger partial charge is 0.405 e. The van der Waals surface area contributed by atoms with Crippen molar-refractivity contribution < 1.29 is 17.9 Å². The molecule has 0 amide bonds. The summed E-state index contributed by atoms with van der Waals surface area (Å²) in [7, 11) is 0. The van der Waals surface area contributed by atoms with E-state index in [0.717, 1.165) is 18.9 Å². The molecule has 0 unspecified atom stereocenters. The highest BCUT2D eigenvalue weighted by Gasteiger charge is 2.31. The Labute approximate surface area is 117 Å². The van der Waals surface area contributed by atoms with Crippen LogP contribution in [0.5, 0.6) is 5.75 Å². The van der Waals surface area contributed by atoms with Crippen molar-refractivity contribution in [3.05, 3.63) is 29.8 Å². The lowest BCUT2D eigenvalue weighted by Crippen LogP contribution is -2.21. The largest absolute Gasteiger partial charge is 0.573 e. The van der Waals surface area contributed by atoms with E-state index in [2.05, 4.69) is 10.1 Å². The first kappa shape index (κ1) is 15.2. The quantitative estimate of drug-likeness (QED) is 0.790. The summed E-state index contributed by atoms with van der Waals surface area (Å²) < 4.78 is 40.8. The highest BCUT2D eigenvalue weighted by Crippen LogP contribution is 2.28. The Hall–Kier alpha value is -1.23. The van der Waals surface area contributed by atoms with Gasteiger partial charge < -0.3 is 10.1 Å². The normalized spacial score (nSPS) is 16.6. The van der Waals surface area contributed by atoms with Crippen LogP contribution in [0.3, 0.4) is 0 Å². The molecule has 20 heavy (non-hydrogen) atoms. The van der Waals surface area contributed by atoms with E-state index in [0.29, 0.717) is 12.1 Å². The topological polar surface area (TPSA) is 21.3 Å². The summed E-state index contributed by atoms with van der Waals surface area (Å²) in [5, 5.41) is 3.21. The number of hydrogen-bond acceptors (Lipinski definition) is 2. The number of alkyl halides is 3. The lowest BCUT2D eigenvalue weighted by atomic mass is 10.0. The van der Waals surface area contributed by atoms with Gasteiger partial charge in [0.25, 0.3) is 0 Å². The maximum Gasteiger partial charge on any atom is 0.573 e. The van der Waals surface area contributed by atoms with Crippen molar-refractivity contribution in [1.82, 2.24) is 5.32 Å². The minimum absolute atomic E-state index is 0.117. The van der Waals surface area contributed by atoms with Crippen LogP contribution in [0.1, 0.15) is 37.7 Å². The lowest BCUT2D eigenvalue weighted by Gasteiger charge is -2.14. The van der Waals surface area contributed by atoms with Crippen LogP contribution in [0, 0.1) is 5.92 Å². The number of benzene rings is 1. The molecular formula is C15H20F3NO. The van der Waals surface area contributed by atoms with E-state index in [1.807, 2.05) is 0 Å². The van der Waals surface area contributed by atoms with Gasteiger partial charge in [-0.3, -0.25) is 0 Å². The van der Waals surface area contributed by atoms with Crippen molar-refractivity contribution in [3.63, 3.8) is 0 Å². The van der Waals surface area contributed by atoms with Crippen molar-refractivity contribution in [1.29, 1.82) is 0 Å². The Morgan fingerprint density at radius 1 is 1.15 bits per heavy atom. The lowest BCUT2D eigenvalue weighted by molar-refractivity contribution is -0.274. The van der Waals surface area contributed by atoms with E-state index >= 15 is 0 Å². The van der Waals surface area contributed by atoms with E-state index in [1.165, 1.54) is 31.7 Å². The fourth-order valence-corrected chi connectivity index (χ4v) is 2.70. The molecule has 2 rings (SSSR count). The van der Waals surface area contributed by atoms with Gasteiger partial charge in [-0.15, -0.1) is 13.2 Å². The molecular weight excluding hydrogens is 267 g/mol. The Balaban J connectivity index is 1.79. The molecule has 0 atom stereocenters. The molecule has 1 aromatic carbocycles. The highest BCUT2D eigenvalue weighted by atomic mass is 19.4. The van der Waals surface area contributed by atoms with Crippen molar-refractivity contribution >= 4 is 0 Å². The van der Waals surface area contributed by atoms with Gasteiger partial charge in [0.2, 0.25) is 0 Å². The maximum absolute atomic E-state index is 12.3. The minimum atomic E-state index is -4.64. The molecule has 1 aromatic rings. The van der Waals surface area contributed by atoms with E-state index in [4.69, 9.17) is 0 Å². The first-order valence-electron chi connectivity index (χ1n) is 7.09. The molecule has 0 saturated heterocycles. The average Bonchev–Trinajstić information content (AvgIpc) is 2.88. The van der Waals surface area contributed by atoms with Gasteiger partial charge in [0.15, 0.2) is 0 Å². The number of hydrogen-bond donors (Lipinski definition) is 1. The number of halogens is 3.